The zero-order valence-electron chi connectivity index (χ0n) is 10.2. The number of hydrogen-bond acceptors (Lipinski definition) is 5. The van der Waals surface area contributed by atoms with Crippen LogP contribution >= 0.6 is 0 Å². The Kier molecular flexibility index (Phi) is 3.22. The molecule has 0 unspecified atom stereocenters. The second-order valence-corrected chi connectivity index (χ2v) is 3.82. The molecule has 90 valence electrons. The van der Waals surface area contributed by atoms with Crippen molar-refractivity contribution in [3.63, 3.8) is 0 Å². The lowest BCUT2D eigenvalue weighted by Gasteiger charge is -2.09. The monoisotopic (exact) mass is 232 g/mol. The van der Waals surface area contributed by atoms with E-state index in [1.165, 1.54) is 0 Å². The van der Waals surface area contributed by atoms with Crippen LogP contribution in [0.4, 0.5) is 11.6 Å². The molecule has 0 radical (unpaired) electrons. The number of hydrogen-bond donors (Lipinski definition) is 2. The highest BCUT2D eigenvalue weighted by molar-refractivity contribution is 5.56. The maximum atomic E-state index is 4.22. The first-order valence-corrected chi connectivity index (χ1v) is 5.41. The summed E-state index contributed by atoms with van der Waals surface area (Å²) in [6.07, 6.45) is 5.36. The molecule has 0 bridgehead atoms. The molecular weight excluding hydrogens is 216 g/mol. The van der Waals surface area contributed by atoms with E-state index in [0.717, 1.165) is 22.8 Å². The van der Waals surface area contributed by atoms with Gasteiger partial charge in [-0.1, -0.05) is 0 Å². The summed E-state index contributed by atoms with van der Waals surface area (Å²) in [5.74, 6) is 1.68. The van der Waals surface area contributed by atoms with Crippen LogP contribution in [0.15, 0.2) is 18.7 Å². The summed E-state index contributed by atoms with van der Waals surface area (Å²) in [4.78, 5) is 8.36. The molecule has 0 atom stereocenters. The Hall–Kier alpha value is -2.11. The molecule has 6 nitrogen and oxygen atoms in total. The van der Waals surface area contributed by atoms with Crippen LogP contribution in [0.1, 0.15) is 11.1 Å². The summed E-state index contributed by atoms with van der Waals surface area (Å²) in [7, 11) is 3.75. The van der Waals surface area contributed by atoms with E-state index in [4.69, 9.17) is 0 Å². The van der Waals surface area contributed by atoms with Crippen molar-refractivity contribution in [3.05, 3.63) is 29.8 Å². The van der Waals surface area contributed by atoms with Crippen molar-refractivity contribution in [1.82, 2.24) is 19.7 Å². The minimum Gasteiger partial charge on any atom is -0.373 e. The number of rotatable bonds is 4. The molecule has 2 aromatic rings. The maximum Gasteiger partial charge on any atom is 0.134 e. The molecule has 2 N–H and O–H groups in total. The highest BCUT2D eigenvalue weighted by Gasteiger charge is 2.05. The second-order valence-electron chi connectivity index (χ2n) is 3.82. The molecular formula is C11H16N6. The summed E-state index contributed by atoms with van der Waals surface area (Å²) >= 11 is 0. The fourth-order valence-corrected chi connectivity index (χ4v) is 1.63. The highest BCUT2D eigenvalue weighted by Crippen LogP contribution is 2.17. The van der Waals surface area contributed by atoms with E-state index in [2.05, 4.69) is 25.7 Å². The van der Waals surface area contributed by atoms with Gasteiger partial charge in [0.2, 0.25) is 0 Å². The van der Waals surface area contributed by atoms with Gasteiger partial charge in [-0.05, 0) is 6.92 Å². The lowest BCUT2D eigenvalue weighted by atomic mass is 10.3. The molecule has 0 fully saturated rings. The van der Waals surface area contributed by atoms with E-state index in [-0.39, 0.29) is 0 Å². The van der Waals surface area contributed by atoms with Crippen molar-refractivity contribution in [2.45, 2.75) is 13.5 Å². The van der Waals surface area contributed by atoms with Gasteiger partial charge in [0.25, 0.3) is 0 Å². The Morgan fingerprint density at radius 2 is 2.06 bits per heavy atom. The Morgan fingerprint density at radius 3 is 2.71 bits per heavy atom. The number of aryl methyl sites for hydroxylation is 1. The van der Waals surface area contributed by atoms with E-state index in [1.54, 1.807) is 11.0 Å². The van der Waals surface area contributed by atoms with Crippen molar-refractivity contribution < 1.29 is 0 Å². The normalized spacial score (nSPS) is 10.3. The molecule has 6 heteroatoms. The topological polar surface area (TPSA) is 67.7 Å². The van der Waals surface area contributed by atoms with Gasteiger partial charge in [0.15, 0.2) is 0 Å². The van der Waals surface area contributed by atoms with Crippen molar-refractivity contribution in [2.75, 3.05) is 17.7 Å². The minimum atomic E-state index is 0.703. The van der Waals surface area contributed by atoms with Gasteiger partial charge < -0.3 is 10.6 Å². The molecule has 2 aromatic heterocycles. The molecule has 2 rings (SSSR count). The van der Waals surface area contributed by atoms with Crippen LogP contribution in [0.3, 0.4) is 0 Å². The molecule has 0 aromatic carbocycles. The lowest BCUT2D eigenvalue weighted by molar-refractivity contribution is 0.767. The van der Waals surface area contributed by atoms with Gasteiger partial charge >= 0.3 is 0 Å². The summed E-state index contributed by atoms with van der Waals surface area (Å²) < 4.78 is 1.78. The molecule has 0 amide bonds. The number of nitrogens with one attached hydrogen (secondary N) is 2. The van der Waals surface area contributed by atoms with Gasteiger partial charge in [0.05, 0.1) is 6.20 Å². The van der Waals surface area contributed by atoms with Crippen LogP contribution in [0.5, 0.6) is 0 Å². The lowest BCUT2D eigenvalue weighted by Crippen LogP contribution is -2.05. The van der Waals surface area contributed by atoms with Gasteiger partial charge in [-0.2, -0.15) is 5.10 Å². The number of anilines is 2. The van der Waals surface area contributed by atoms with Crippen LogP contribution in [0.25, 0.3) is 0 Å². The number of nitrogens with zero attached hydrogens (tertiary/aromatic N) is 4. The third-order valence-corrected chi connectivity index (χ3v) is 2.54. The van der Waals surface area contributed by atoms with E-state index < -0.39 is 0 Å². The Morgan fingerprint density at radius 1 is 1.29 bits per heavy atom. The Bertz CT molecular complexity index is 504. The minimum absolute atomic E-state index is 0.703. The molecule has 2 heterocycles. The van der Waals surface area contributed by atoms with Crippen LogP contribution in [-0.4, -0.2) is 26.8 Å². The van der Waals surface area contributed by atoms with E-state index in [9.17, 15) is 0 Å². The van der Waals surface area contributed by atoms with E-state index in [1.807, 2.05) is 33.4 Å². The van der Waals surface area contributed by atoms with E-state index in [0.29, 0.717) is 6.54 Å². The van der Waals surface area contributed by atoms with Crippen molar-refractivity contribution in [3.8, 4) is 0 Å². The molecule has 0 saturated heterocycles. The van der Waals surface area contributed by atoms with Crippen molar-refractivity contribution in [1.29, 1.82) is 0 Å². The predicted molar refractivity (Wildman–Crippen MR) is 66.9 cm³/mol. The Labute approximate surface area is 100 Å². The van der Waals surface area contributed by atoms with Gasteiger partial charge in [-0.15, -0.1) is 0 Å². The highest BCUT2D eigenvalue weighted by atomic mass is 15.2. The first-order valence-electron chi connectivity index (χ1n) is 5.41. The summed E-state index contributed by atoms with van der Waals surface area (Å²) in [6.45, 7) is 2.69. The summed E-state index contributed by atoms with van der Waals surface area (Å²) in [6, 6.07) is 0. The molecule has 17 heavy (non-hydrogen) atoms. The molecule has 0 aliphatic heterocycles. The largest absolute Gasteiger partial charge is 0.373 e. The second kappa shape index (κ2) is 4.82. The van der Waals surface area contributed by atoms with Gasteiger partial charge in [0.1, 0.15) is 18.0 Å². The van der Waals surface area contributed by atoms with Gasteiger partial charge in [0, 0.05) is 38.0 Å². The smallest absolute Gasteiger partial charge is 0.134 e. The molecule has 0 aliphatic carbocycles. The quantitative estimate of drug-likeness (QED) is 0.828. The van der Waals surface area contributed by atoms with Gasteiger partial charge in [-0.3, -0.25) is 4.68 Å². The molecule has 0 spiro atoms. The average molecular weight is 232 g/mol. The third kappa shape index (κ3) is 2.52. The maximum absolute atomic E-state index is 4.22. The first kappa shape index (κ1) is 11.4. The standard InChI is InChI=1S/C11H16N6/c1-8-10(12-2)14-7-15-11(8)13-4-9-5-16-17(3)6-9/h5-7H,4H2,1-3H3,(H2,12,13,14,15). The summed E-state index contributed by atoms with van der Waals surface area (Å²) in [5, 5.41) is 10.4. The summed E-state index contributed by atoms with van der Waals surface area (Å²) in [5.41, 5.74) is 2.13. The van der Waals surface area contributed by atoms with Crippen molar-refractivity contribution in [2.24, 2.45) is 7.05 Å². The molecule has 0 aliphatic rings. The predicted octanol–water partition coefficient (Wildman–Crippen LogP) is 1.17. The third-order valence-electron chi connectivity index (χ3n) is 2.54. The SMILES string of the molecule is CNc1ncnc(NCc2cnn(C)c2)c1C. The number of aromatic nitrogens is 4. The molecule has 0 saturated carbocycles. The van der Waals surface area contributed by atoms with Crippen LogP contribution in [-0.2, 0) is 13.6 Å². The zero-order chi connectivity index (χ0) is 12.3. The first-order chi connectivity index (χ1) is 8.20. The fourth-order valence-electron chi connectivity index (χ4n) is 1.63. The van der Waals surface area contributed by atoms with Crippen molar-refractivity contribution >= 4 is 11.6 Å². The van der Waals surface area contributed by atoms with Crippen LogP contribution < -0.4 is 10.6 Å². The zero-order valence-corrected chi connectivity index (χ0v) is 10.2. The van der Waals surface area contributed by atoms with Gasteiger partial charge in [-0.25, -0.2) is 9.97 Å². The average Bonchev–Trinajstić information content (AvgIpc) is 2.74. The fraction of sp³-hybridized carbons (Fsp3) is 0.364. The Balaban J connectivity index is 2.09. The van der Waals surface area contributed by atoms with E-state index >= 15 is 0 Å². The van der Waals surface area contributed by atoms with Crippen LogP contribution in [0, 0.1) is 6.92 Å². The van der Waals surface area contributed by atoms with Crippen LogP contribution in [0.2, 0.25) is 0 Å².